The third-order valence-corrected chi connectivity index (χ3v) is 4.04. The highest BCUT2D eigenvalue weighted by atomic mass is 16.5. The molecule has 0 amide bonds. The molecular weight excluding hydrogens is 240 g/mol. The zero-order chi connectivity index (χ0) is 13.1. The molecule has 3 rings (SSSR count). The lowest BCUT2D eigenvalue weighted by atomic mass is 9.95. The first-order valence-electron chi connectivity index (χ1n) is 7.28. The number of anilines is 1. The van der Waals surface area contributed by atoms with Crippen molar-refractivity contribution in [2.24, 2.45) is 0 Å². The molecule has 0 atom stereocenters. The average molecular weight is 262 g/mol. The smallest absolute Gasteiger partial charge is 0.318 e. The van der Waals surface area contributed by atoms with Crippen LogP contribution in [0.25, 0.3) is 0 Å². The predicted octanol–water partition coefficient (Wildman–Crippen LogP) is 1.88. The Labute approximate surface area is 114 Å². The number of nitrogens with one attached hydrogen (secondary N) is 2. The zero-order valence-corrected chi connectivity index (χ0v) is 11.5. The van der Waals surface area contributed by atoms with Gasteiger partial charge in [0.25, 0.3) is 0 Å². The van der Waals surface area contributed by atoms with E-state index in [1.54, 1.807) is 7.11 Å². The van der Waals surface area contributed by atoms with Crippen molar-refractivity contribution >= 4 is 5.82 Å². The van der Waals surface area contributed by atoms with E-state index in [0.717, 1.165) is 31.0 Å². The van der Waals surface area contributed by atoms with Crippen LogP contribution in [0.1, 0.15) is 43.4 Å². The fourth-order valence-electron chi connectivity index (χ4n) is 2.97. The summed E-state index contributed by atoms with van der Waals surface area (Å²) in [5.41, 5.74) is 2.35. The first-order valence-corrected chi connectivity index (χ1v) is 7.28. The van der Waals surface area contributed by atoms with Crippen LogP contribution in [-0.4, -0.2) is 29.7 Å². The summed E-state index contributed by atoms with van der Waals surface area (Å²) in [7, 11) is 1.63. The van der Waals surface area contributed by atoms with Gasteiger partial charge in [-0.25, -0.2) is 0 Å². The Morgan fingerprint density at radius 2 is 2.05 bits per heavy atom. The Hall–Kier alpha value is -1.36. The Kier molecular flexibility index (Phi) is 3.82. The van der Waals surface area contributed by atoms with Crippen LogP contribution >= 0.6 is 0 Å². The van der Waals surface area contributed by atoms with Crippen LogP contribution in [0.5, 0.6) is 6.01 Å². The van der Waals surface area contributed by atoms with Crippen molar-refractivity contribution < 1.29 is 4.74 Å². The molecular formula is C14H22N4O. The third-order valence-electron chi connectivity index (χ3n) is 4.04. The molecule has 19 heavy (non-hydrogen) atoms. The van der Waals surface area contributed by atoms with Gasteiger partial charge in [0.1, 0.15) is 5.82 Å². The molecule has 0 radical (unpaired) electrons. The van der Waals surface area contributed by atoms with Gasteiger partial charge in [0, 0.05) is 31.1 Å². The van der Waals surface area contributed by atoms with Crippen molar-refractivity contribution in [1.29, 1.82) is 0 Å². The maximum Gasteiger partial charge on any atom is 0.318 e. The zero-order valence-electron chi connectivity index (χ0n) is 11.5. The standard InChI is InChI=1S/C14H22N4O/c1-19-14-17-12-7-8-15-9-11(12)13(18-14)16-10-5-3-2-4-6-10/h10,15H,2-9H2,1H3,(H,16,17,18). The van der Waals surface area contributed by atoms with Crippen molar-refractivity contribution in [3.8, 4) is 6.01 Å². The summed E-state index contributed by atoms with van der Waals surface area (Å²) in [5, 5.41) is 7.01. The molecule has 0 saturated heterocycles. The summed E-state index contributed by atoms with van der Waals surface area (Å²) < 4.78 is 5.23. The van der Waals surface area contributed by atoms with Crippen LogP contribution in [-0.2, 0) is 13.0 Å². The highest BCUT2D eigenvalue weighted by Gasteiger charge is 2.21. The van der Waals surface area contributed by atoms with Crippen LogP contribution in [0, 0.1) is 0 Å². The Balaban J connectivity index is 1.85. The second-order valence-electron chi connectivity index (χ2n) is 5.39. The summed E-state index contributed by atoms with van der Waals surface area (Å²) in [4.78, 5) is 8.99. The minimum atomic E-state index is 0.485. The molecule has 5 heteroatoms. The molecule has 5 nitrogen and oxygen atoms in total. The van der Waals surface area contributed by atoms with E-state index < -0.39 is 0 Å². The molecule has 2 aliphatic rings. The Bertz CT molecular complexity index is 443. The second-order valence-corrected chi connectivity index (χ2v) is 5.39. The van der Waals surface area contributed by atoms with Crippen molar-refractivity contribution in [2.45, 2.75) is 51.1 Å². The molecule has 0 spiro atoms. The van der Waals surface area contributed by atoms with Gasteiger partial charge in [0.2, 0.25) is 0 Å². The molecule has 1 fully saturated rings. The largest absolute Gasteiger partial charge is 0.467 e. The lowest BCUT2D eigenvalue weighted by Crippen LogP contribution is -2.29. The van der Waals surface area contributed by atoms with Crippen molar-refractivity contribution in [1.82, 2.24) is 15.3 Å². The van der Waals surface area contributed by atoms with Crippen LogP contribution in [0.4, 0.5) is 5.82 Å². The van der Waals surface area contributed by atoms with E-state index in [1.165, 1.54) is 37.7 Å². The Morgan fingerprint density at radius 3 is 2.84 bits per heavy atom. The summed E-state index contributed by atoms with van der Waals surface area (Å²) in [6.45, 7) is 1.84. The average Bonchev–Trinajstić information content (AvgIpc) is 2.48. The van der Waals surface area contributed by atoms with Crippen LogP contribution in [0.15, 0.2) is 0 Å². The van der Waals surface area contributed by atoms with Crippen molar-refractivity contribution in [3.63, 3.8) is 0 Å². The van der Waals surface area contributed by atoms with Gasteiger partial charge >= 0.3 is 6.01 Å². The number of aromatic nitrogens is 2. The monoisotopic (exact) mass is 262 g/mol. The quantitative estimate of drug-likeness (QED) is 0.871. The van der Waals surface area contributed by atoms with Gasteiger partial charge in [0.05, 0.1) is 12.8 Å². The highest BCUT2D eigenvalue weighted by Crippen LogP contribution is 2.26. The molecule has 1 aromatic heterocycles. The molecule has 2 N–H and O–H groups in total. The number of nitrogens with zero attached hydrogens (tertiary/aromatic N) is 2. The molecule has 0 bridgehead atoms. The summed E-state index contributed by atoms with van der Waals surface area (Å²) in [6, 6.07) is 1.04. The predicted molar refractivity (Wildman–Crippen MR) is 74.5 cm³/mol. The first kappa shape index (κ1) is 12.7. The summed E-state index contributed by atoms with van der Waals surface area (Å²) in [5.74, 6) is 0.973. The van der Waals surface area contributed by atoms with E-state index in [-0.39, 0.29) is 0 Å². The van der Waals surface area contributed by atoms with Crippen LogP contribution < -0.4 is 15.4 Å². The van der Waals surface area contributed by atoms with Gasteiger partial charge in [-0.05, 0) is 12.8 Å². The van der Waals surface area contributed by atoms with Gasteiger partial charge in [-0.2, -0.15) is 9.97 Å². The van der Waals surface area contributed by atoms with E-state index in [9.17, 15) is 0 Å². The number of ether oxygens (including phenoxy) is 1. The van der Waals surface area contributed by atoms with E-state index in [1.807, 2.05) is 0 Å². The molecule has 104 valence electrons. The molecule has 1 aliphatic carbocycles. The highest BCUT2D eigenvalue weighted by molar-refractivity contribution is 5.49. The van der Waals surface area contributed by atoms with Gasteiger partial charge in [0.15, 0.2) is 0 Å². The fourth-order valence-corrected chi connectivity index (χ4v) is 2.97. The minimum Gasteiger partial charge on any atom is -0.467 e. The number of rotatable bonds is 3. The summed E-state index contributed by atoms with van der Waals surface area (Å²) in [6.07, 6.45) is 7.45. The number of fused-ring (bicyclic) bond motifs is 1. The van der Waals surface area contributed by atoms with E-state index in [4.69, 9.17) is 4.74 Å². The molecule has 0 unspecified atom stereocenters. The van der Waals surface area contributed by atoms with E-state index in [2.05, 4.69) is 20.6 Å². The van der Waals surface area contributed by atoms with E-state index in [0.29, 0.717) is 12.1 Å². The van der Waals surface area contributed by atoms with Gasteiger partial charge in [-0.1, -0.05) is 19.3 Å². The molecule has 0 aromatic carbocycles. The maximum absolute atomic E-state index is 5.23. The lowest BCUT2D eigenvalue weighted by Gasteiger charge is -2.26. The van der Waals surface area contributed by atoms with E-state index >= 15 is 0 Å². The van der Waals surface area contributed by atoms with Crippen LogP contribution in [0.3, 0.4) is 0 Å². The SMILES string of the molecule is COc1nc2c(c(NC3CCCCC3)n1)CNCC2. The maximum atomic E-state index is 5.23. The first-order chi connectivity index (χ1) is 9.36. The third kappa shape index (κ3) is 2.81. The van der Waals surface area contributed by atoms with Crippen molar-refractivity contribution in [3.05, 3.63) is 11.3 Å². The normalized spacial score (nSPS) is 19.8. The number of hydrogen-bond donors (Lipinski definition) is 2. The molecule has 2 heterocycles. The fraction of sp³-hybridized carbons (Fsp3) is 0.714. The number of hydrogen-bond acceptors (Lipinski definition) is 5. The number of methoxy groups -OCH3 is 1. The van der Waals surface area contributed by atoms with Gasteiger partial charge in [-0.15, -0.1) is 0 Å². The minimum absolute atomic E-state index is 0.485. The molecule has 1 aliphatic heterocycles. The van der Waals surface area contributed by atoms with Gasteiger partial charge < -0.3 is 15.4 Å². The topological polar surface area (TPSA) is 59.1 Å². The Morgan fingerprint density at radius 1 is 1.21 bits per heavy atom. The van der Waals surface area contributed by atoms with Crippen molar-refractivity contribution in [2.75, 3.05) is 19.0 Å². The van der Waals surface area contributed by atoms with Gasteiger partial charge in [-0.3, -0.25) is 0 Å². The summed E-state index contributed by atoms with van der Waals surface area (Å²) >= 11 is 0. The van der Waals surface area contributed by atoms with Crippen LogP contribution in [0.2, 0.25) is 0 Å². The second kappa shape index (κ2) is 5.74. The lowest BCUT2D eigenvalue weighted by molar-refractivity contribution is 0.376. The molecule has 1 aromatic rings. The molecule has 1 saturated carbocycles.